The Hall–Kier alpha value is -2.87. The zero-order valence-corrected chi connectivity index (χ0v) is 18.0. The fraction of sp³-hybridized carbons (Fsp3) is 0.364. The Kier molecular flexibility index (Phi) is 7.00. The van der Waals surface area contributed by atoms with Crippen molar-refractivity contribution in [3.63, 3.8) is 0 Å². The van der Waals surface area contributed by atoms with Crippen LogP contribution in [0.3, 0.4) is 0 Å². The molecule has 0 spiro atoms. The highest BCUT2D eigenvalue weighted by Crippen LogP contribution is 2.31. The smallest absolute Gasteiger partial charge is 0.322 e. The number of hydrogen-bond donors (Lipinski definition) is 2. The Morgan fingerprint density at radius 2 is 1.77 bits per heavy atom. The van der Waals surface area contributed by atoms with Gasteiger partial charge in [0.05, 0.1) is 13.2 Å². The molecule has 3 rings (SSSR count). The SMILES string of the molecule is COc1ccc(C2CCN(C(=O)C(C)(F)F)C[C@H]2NC(=O)Nc2ccc(Cl)cc2)cc1. The number of urea groups is 1. The van der Waals surface area contributed by atoms with Crippen molar-refractivity contribution in [1.29, 1.82) is 0 Å². The number of methoxy groups -OCH3 is 1. The van der Waals surface area contributed by atoms with E-state index in [1.165, 1.54) is 0 Å². The second-order valence-electron chi connectivity index (χ2n) is 7.52. The van der Waals surface area contributed by atoms with Gasteiger partial charge in [-0.15, -0.1) is 0 Å². The summed E-state index contributed by atoms with van der Waals surface area (Å²) >= 11 is 5.86. The van der Waals surface area contributed by atoms with Crippen LogP contribution in [0.5, 0.6) is 5.75 Å². The van der Waals surface area contributed by atoms with E-state index in [1.807, 2.05) is 12.1 Å². The van der Waals surface area contributed by atoms with E-state index in [0.29, 0.717) is 29.8 Å². The van der Waals surface area contributed by atoms with Crippen LogP contribution in [-0.2, 0) is 4.79 Å². The van der Waals surface area contributed by atoms with Gasteiger partial charge in [-0.2, -0.15) is 8.78 Å². The highest BCUT2D eigenvalue weighted by Gasteiger charge is 2.41. The summed E-state index contributed by atoms with van der Waals surface area (Å²) < 4.78 is 32.4. The van der Waals surface area contributed by atoms with Crippen molar-refractivity contribution in [2.75, 3.05) is 25.5 Å². The molecule has 0 aliphatic carbocycles. The molecule has 0 bridgehead atoms. The van der Waals surface area contributed by atoms with Crippen LogP contribution in [0.15, 0.2) is 48.5 Å². The van der Waals surface area contributed by atoms with Gasteiger partial charge in [-0.25, -0.2) is 4.79 Å². The van der Waals surface area contributed by atoms with Crippen LogP contribution in [0.1, 0.15) is 24.8 Å². The summed E-state index contributed by atoms with van der Waals surface area (Å²) in [6.07, 6.45) is 0.431. The number of alkyl halides is 2. The molecule has 1 aliphatic rings. The topological polar surface area (TPSA) is 70.7 Å². The molecule has 0 saturated carbocycles. The molecule has 1 saturated heterocycles. The first kappa shape index (κ1) is 22.8. The van der Waals surface area contributed by atoms with E-state index in [1.54, 1.807) is 43.5 Å². The van der Waals surface area contributed by atoms with Crippen LogP contribution in [0.2, 0.25) is 5.02 Å². The number of piperidine rings is 1. The van der Waals surface area contributed by atoms with Crippen molar-refractivity contribution in [3.05, 3.63) is 59.1 Å². The third kappa shape index (κ3) is 5.85. The van der Waals surface area contributed by atoms with Gasteiger partial charge in [0.15, 0.2) is 0 Å². The largest absolute Gasteiger partial charge is 0.497 e. The number of anilines is 1. The first-order valence-electron chi connectivity index (χ1n) is 9.81. The number of ether oxygens (including phenoxy) is 1. The number of nitrogens with zero attached hydrogens (tertiary/aromatic N) is 1. The van der Waals surface area contributed by atoms with E-state index in [-0.39, 0.29) is 19.0 Å². The van der Waals surface area contributed by atoms with Crippen LogP contribution < -0.4 is 15.4 Å². The maximum atomic E-state index is 13.6. The quantitative estimate of drug-likeness (QED) is 0.702. The first-order valence-corrected chi connectivity index (χ1v) is 10.2. The molecule has 2 atom stereocenters. The van der Waals surface area contributed by atoms with Crippen molar-refractivity contribution in [2.45, 2.75) is 31.2 Å². The van der Waals surface area contributed by atoms with E-state index in [9.17, 15) is 18.4 Å². The highest BCUT2D eigenvalue weighted by atomic mass is 35.5. The average molecular weight is 452 g/mol. The van der Waals surface area contributed by atoms with Crippen LogP contribution in [0.25, 0.3) is 0 Å². The summed E-state index contributed by atoms with van der Waals surface area (Å²) in [5, 5.41) is 6.08. The summed E-state index contributed by atoms with van der Waals surface area (Å²) in [6.45, 7) is 0.740. The number of hydrogen-bond acceptors (Lipinski definition) is 3. The van der Waals surface area contributed by atoms with E-state index >= 15 is 0 Å². The first-order chi connectivity index (χ1) is 14.7. The van der Waals surface area contributed by atoms with Crippen molar-refractivity contribution >= 4 is 29.2 Å². The predicted octanol–water partition coefficient (Wildman–Crippen LogP) is 4.51. The van der Waals surface area contributed by atoms with E-state index in [0.717, 1.165) is 10.5 Å². The van der Waals surface area contributed by atoms with Crippen molar-refractivity contribution in [3.8, 4) is 5.75 Å². The zero-order chi connectivity index (χ0) is 22.6. The van der Waals surface area contributed by atoms with Gasteiger partial charge in [-0.05, 0) is 48.4 Å². The van der Waals surface area contributed by atoms with Crippen molar-refractivity contribution in [1.82, 2.24) is 10.2 Å². The van der Waals surface area contributed by atoms with Crippen molar-refractivity contribution in [2.24, 2.45) is 0 Å². The lowest BCUT2D eigenvalue weighted by molar-refractivity contribution is -0.156. The molecule has 0 radical (unpaired) electrons. The maximum absolute atomic E-state index is 13.6. The minimum atomic E-state index is -3.47. The summed E-state index contributed by atoms with van der Waals surface area (Å²) in [5.41, 5.74) is 1.46. The number of carbonyl (C=O) groups excluding carboxylic acids is 2. The molecule has 2 N–H and O–H groups in total. The van der Waals surface area contributed by atoms with Gasteiger partial charge in [0.1, 0.15) is 5.75 Å². The summed E-state index contributed by atoms with van der Waals surface area (Å²) in [4.78, 5) is 25.8. The molecule has 1 unspecified atom stereocenters. The Morgan fingerprint density at radius 3 is 2.35 bits per heavy atom. The average Bonchev–Trinajstić information content (AvgIpc) is 2.74. The molecule has 1 aliphatic heterocycles. The number of benzene rings is 2. The Labute approximate surface area is 184 Å². The predicted molar refractivity (Wildman–Crippen MR) is 115 cm³/mol. The molecule has 1 fully saturated rings. The normalized spacial score (nSPS) is 18.9. The number of nitrogens with one attached hydrogen (secondary N) is 2. The minimum absolute atomic E-state index is 0.0208. The highest BCUT2D eigenvalue weighted by molar-refractivity contribution is 6.30. The van der Waals surface area contributed by atoms with Crippen LogP contribution in [-0.4, -0.2) is 49.0 Å². The van der Waals surface area contributed by atoms with E-state index < -0.39 is 23.9 Å². The minimum Gasteiger partial charge on any atom is -0.497 e. The van der Waals surface area contributed by atoms with Gasteiger partial charge in [0.2, 0.25) is 0 Å². The zero-order valence-electron chi connectivity index (χ0n) is 17.2. The Morgan fingerprint density at radius 1 is 1.13 bits per heavy atom. The lowest BCUT2D eigenvalue weighted by Crippen LogP contribution is -2.56. The van der Waals surface area contributed by atoms with Crippen LogP contribution >= 0.6 is 11.6 Å². The van der Waals surface area contributed by atoms with Crippen molar-refractivity contribution < 1.29 is 23.1 Å². The number of halogens is 3. The molecule has 0 aromatic heterocycles. The standard InChI is InChI=1S/C22H24ClF2N3O3/c1-22(24,25)20(29)28-12-11-18(14-3-9-17(31-2)10-4-14)19(13-28)27-21(30)26-16-7-5-15(23)6-8-16/h3-10,18-19H,11-13H2,1-2H3,(H2,26,27,30)/t18?,19-/m1/s1. The number of carbonyl (C=O) groups is 2. The molecular formula is C22H24ClF2N3O3. The monoisotopic (exact) mass is 451 g/mol. The lowest BCUT2D eigenvalue weighted by Gasteiger charge is -2.40. The van der Waals surface area contributed by atoms with E-state index in [2.05, 4.69) is 10.6 Å². The number of amides is 3. The lowest BCUT2D eigenvalue weighted by atomic mass is 9.85. The van der Waals surface area contributed by atoms with Gasteiger partial charge >= 0.3 is 12.0 Å². The van der Waals surface area contributed by atoms with Crippen LogP contribution in [0, 0.1) is 0 Å². The Bertz CT molecular complexity index is 917. The maximum Gasteiger partial charge on any atom is 0.322 e. The molecule has 2 aromatic rings. The van der Waals surface area contributed by atoms with Gasteiger partial charge in [0.25, 0.3) is 5.91 Å². The number of rotatable bonds is 5. The molecule has 9 heteroatoms. The van der Waals surface area contributed by atoms with Gasteiger partial charge in [0, 0.05) is 36.6 Å². The molecule has 31 heavy (non-hydrogen) atoms. The molecule has 3 amide bonds. The second-order valence-corrected chi connectivity index (χ2v) is 7.96. The van der Waals surface area contributed by atoms with Gasteiger partial charge in [-0.1, -0.05) is 23.7 Å². The van der Waals surface area contributed by atoms with Crippen LogP contribution in [0.4, 0.5) is 19.3 Å². The van der Waals surface area contributed by atoms with E-state index in [4.69, 9.17) is 16.3 Å². The van der Waals surface area contributed by atoms with Gasteiger partial charge in [-0.3, -0.25) is 4.79 Å². The summed E-state index contributed by atoms with van der Waals surface area (Å²) in [5.74, 6) is -4.18. The fourth-order valence-corrected chi connectivity index (χ4v) is 3.81. The molecule has 6 nitrogen and oxygen atoms in total. The van der Waals surface area contributed by atoms with Gasteiger partial charge < -0.3 is 20.3 Å². The number of likely N-dealkylation sites (tertiary alicyclic amines) is 1. The molecule has 2 aromatic carbocycles. The Balaban J connectivity index is 1.78. The second kappa shape index (κ2) is 9.51. The fourth-order valence-electron chi connectivity index (χ4n) is 3.68. The summed E-state index contributed by atoms with van der Waals surface area (Å²) in [7, 11) is 1.56. The third-order valence-electron chi connectivity index (χ3n) is 5.24. The third-order valence-corrected chi connectivity index (χ3v) is 5.49. The summed E-state index contributed by atoms with van der Waals surface area (Å²) in [6, 6.07) is 12.9. The molecular weight excluding hydrogens is 428 g/mol. The molecule has 1 heterocycles. The molecule has 166 valence electrons.